The van der Waals surface area contributed by atoms with Gasteiger partial charge in [-0.05, 0) is 13.0 Å². The Hall–Kier alpha value is -1.09. The van der Waals surface area contributed by atoms with E-state index < -0.39 is 0 Å². The van der Waals surface area contributed by atoms with E-state index in [9.17, 15) is 4.39 Å². The second kappa shape index (κ2) is 5.12. The van der Waals surface area contributed by atoms with Crippen molar-refractivity contribution in [1.82, 2.24) is 5.32 Å². The third-order valence-corrected chi connectivity index (χ3v) is 2.26. The van der Waals surface area contributed by atoms with E-state index in [1.165, 1.54) is 13.2 Å². The number of halogens is 1. The molecule has 2 nitrogen and oxygen atoms in total. The Labute approximate surface area is 90.4 Å². The maximum absolute atomic E-state index is 13.6. The first-order chi connectivity index (χ1) is 7.04. The molecule has 0 aliphatic rings. The molecule has 0 radical (unpaired) electrons. The summed E-state index contributed by atoms with van der Waals surface area (Å²) >= 11 is 0. The van der Waals surface area contributed by atoms with Gasteiger partial charge < -0.3 is 10.1 Å². The van der Waals surface area contributed by atoms with Crippen molar-refractivity contribution >= 4 is 0 Å². The summed E-state index contributed by atoms with van der Waals surface area (Å²) in [7, 11) is 1.53. The summed E-state index contributed by atoms with van der Waals surface area (Å²) in [6.45, 7) is 6.03. The van der Waals surface area contributed by atoms with Crippen molar-refractivity contribution in [3.8, 4) is 5.75 Å². The second-order valence-electron chi connectivity index (χ2n) is 3.93. The molecule has 84 valence electrons. The minimum Gasteiger partial charge on any atom is -0.497 e. The van der Waals surface area contributed by atoms with E-state index >= 15 is 0 Å². The second-order valence-corrected chi connectivity index (χ2v) is 3.93. The van der Waals surface area contributed by atoms with Crippen molar-refractivity contribution in [3.05, 3.63) is 29.6 Å². The smallest absolute Gasteiger partial charge is 0.131 e. The fourth-order valence-electron chi connectivity index (χ4n) is 1.58. The lowest BCUT2D eigenvalue weighted by Gasteiger charge is -2.18. The molecule has 0 bridgehead atoms. The number of hydrogen-bond acceptors (Lipinski definition) is 2. The van der Waals surface area contributed by atoms with Gasteiger partial charge in [-0.3, -0.25) is 0 Å². The van der Waals surface area contributed by atoms with Crippen molar-refractivity contribution in [2.75, 3.05) is 7.11 Å². The van der Waals surface area contributed by atoms with Gasteiger partial charge in [0.2, 0.25) is 0 Å². The SMILES string of the molecule is COc1ccc(C(C)NC(C)C)c(F)c1. The van der Waals surface area contributed by atoms with E-state index in [0.717, 1.165) is 0 Å². The summed E-state index contributed by atoms with van der Waals surface area (Å²) < 4.78 is 18.6. The highest BCUT2D eigenvalue weighted by Gasteiger charge is 2.12. The third-order valence-electron chi connectivity index (χ3n) is 2.26. The first-order valence-corrected chi connectivity index (χ1v) is 5.14. The molecule has 0 saturated heterocycles. The summed E-state index contributed by atoms with van der Waals surface area (Å²) in [5.41, 5.74) is 0.671. The molecule has 0 aromatic heterocycles. The summed E-state index contributed by atoms with van der Waals surface area (Å²) in [4.78, 5) is 0. The first-order valence-electron chi connectivity index (χ1n) is 5.14. The highest BCUT2D eigenvalue weighted by Crippen LogP contribution is 2.21. The zero-order valence-electron chi connectivity index (χ0n) is 9.67. The molecule has 3 heteroatoms. The molecule has 1 aromatic carbocycles. The van der Waals surface area contributed by atoms with E-state index in [2.05, 4.69) is 5.32 Å². The van der Waals surface area contributed by atoms with Gasteiger partial charge in [0, 0.05) is 23.7 Å². The van der Waals surface area contributed by atoms with E-state index in [4.69, 9.17) is 4.74 Å². The van der Waals surface area contributed by atoms with Crippen molar-refractivity contribution in [2.24, 2.45) is 0 Å². The maximum Gasteiger partial charge on any atom is 0.131 e. The van der Waals surface area contributed by atoms with Crippen LogP contribution in [0.1, 0.15) is 32.4 Å². The number of nitrogens with one attached hydrogen (secondary N) is 1. The average molecular weight is 211 g/mol. The van der Waals surface area contributed by atoms with Crippen LogP contribution in [0.3, 0.4) is 0 Å². The van der Waals surface area contributed by atoms with Crippen LogP contribution in [0.5, 0.6) is 5.75 Å². The number of benzene rings is 1. The summed E-state index contributed by atoms with van der Waals surface area (Å²) in [5, 5.41) is 3.26. The van der Waals surface area contributed by atoms with E-state index in [1.54, 1.807) is 12.1 Å². The van der Waals surface area contributed by atoms with Gasteiger partial charge in [-0.15, -0.1) is 0 Å². The van der Waals surface area contributed by atoms with E-state index in [0.29, 0.717) is 17.4 Å². The molecule has 0 aliphatic carbocycles. The van der Waals surface area contributed by atoms with Crippen LogP contribution in [0, 0.1) is 5.82 Å². The van der Waals surface area contributed by atoms with Gasteiger partial charge in [-0.25, -0.2) is 4.39 Å². The molecule has 1 unspecified atom stereocenters. The zero-order valence-corrected chi connectivity index (χ0v) is 9.67. The van der Waals surface area contributed by atoms with Crippen LogP contribution in [-0.2, 0) is 0 Å². The normalized spacial score (nSPS) is 12.9. The number of hydrogen-bond donors (Lipinski definition) is 1. The molecule has 15 heavy (non-hydrogen) atoms. The zero-order chi connectivity index (χ0) is 11.4. The Balaban J connectivity index is 2.85. The van der Waals surface area contributed by atoms with Gasteiger partial charge in [0.15, 0.2) is 0 Å². The Morgan fingerprint density at radius 1 is 1.27 bits per heavy atom. The van der Waals surface area contributed by atoms with Crippen LogP contribution < -0.4 is 10.1 Å². The molecule has 0 spiro atoms. The summed E-state index contributed by atoms with van der Waals surface area (Å²) in [6, 6.07) is 5.29. The van der Waals surface area contributed by atoms with Gasteiger partial charge in [0.1, 0.15) is 11.6 Å². The number of ether oxygens (including phenoxy) is 1. The molecule has 0 amide bonds. The highest BCUT2D eigenvalue weighted by molar-refractivity contribution is 5.30. The minimum atomic E-state index is -0.227. The van der Waals surface area contributed by atoms with Crippen LogP contribution in [0.2, 0.25) is 0 Å². The fourth-order valence-corrected chi connectivity index (χ4v) is 1.58. The molecule has 0 fully saturated rings. The lowest BCUT2D eigenvalue weighted by atomic mass is 10.1. The Kier molecular flexibility index (Phi) is 4.09. The van der Waals surface area contributed by atoms with E-state index in [-0.39, 0.29) is 11.9 Å². The predicted molar refractivity (Wildman–Crippen MR) is 59.6 cm³/mol. The number of methoxy groups -OCH3 is 1. The van der Waals surface area contributed by atoms with Crippen molar-refractivity contribution in [2.45, 2.75) is 32.9 Å². The monoisotopic (exact) mass is 211 g/mol. The van der Waals surface area contributed by atoms with Gasteiger partial charge in [-0.1, -0.05) is 19.9 Å². The first kappa shape index (κ1) is 12.0. The molecule has 0 aliphatic heterocycles. The van der Waals surface area contributed by atoms with Crippen LogP contribution in [0.4, 0.5) is 4.39 Å². The topological polar surface area (TPSA) is 21.3 Å². The number of rotatable bonds is 4. The third kappa shape index (κ3) is 3.20. The average Bonchev–Trinajstić information content (AvgIpc) is 2.16. The standard InChI is InChI=1S/C12H18FNO/c1-8(2)14-9(3)11-6-5-10(15-4)7-12(11)13/h5-9,14H,1-4H3. The molecule has 1 aromatic rings. The quantitative estimate of drug-likeness (QED) is 0.826. The molecule has 0 saturated carbocycles. The van der Waals surface area contributed by atoms with Crippen LogP contribution >= 0.6 is 0 Å². The molecule has 1 N–H and O–H groups in total. The van der Waals surface area contributed by atoms with Crippen LogP contribution in [0.15, 0.2) is 18.2 Å². The molecule has 1 rings (SSSR count). The van der Waals surface area contributed by atoms with Crippen molar-refractivity contribution in [1.29, 1.82) is 0 Å². The predicted octanol–water partition coefficient (Wildman–Crippen LogP) is 2.89. The Morgan fingerprint density at radius 3 is 2.40 bits per heavy atom. The highest BCUT2D eigenvalue weighted by atomic mass is 19.1. The Morgan fingerprint density at radius 2 is 1.93 bits per heavy atom. The van der Waals surface area contributed by atoms with Crippen LogP contribution in [0.25, 0.3) is 0 Å². The lowest BCUT2D eigenvalue weighted by molar-refractivity contribution is 0.409. The Bertz CT molecular complexity index is 325. The molecule has 1 atom stereocenters. The van der Waals surface area contributed by atoms with Gasteiger partial charge in [0.25, 0.3) is 0 Å². The summed E-state index contributed by atoms with van der Waals surface area (Å²) in [5.74, 6) is 0.322. The van der Waals surface area contributed by atoms with Crippen molar-refractivity contribution in [3.63, 3.8) is 0 Å². The minimum absolute atomic E-state index is 0.0101. The molecular formula is C12H18FNO. The van der Waals surface area contributed by atoms with Gasteiger partial charge in [0.05, 0.1) is 7.11 Å². The molecule has 0 heterocycles. The van der Waals surface area contributed by atoms with Gasteiger partial charge in [-0.2, -0.15) is 0 Å². The van der Waals surface area contributed by atoms with E-state index in [1.807, 2.05) is 20.8 Å². The summed E-state index contributed by atoms with van der Waals surface area (Å²) in [6.07, 6.45) is 0. The fraction of sp³-hybridized carbons (Fsp3) is 0.500. The maximum atomic E-state index is 13.6. The lowest BCUT2D eigenvalue weighted by Crippen LogP contribution is -2.26. The van der Waals surface area contributed by atoms with Crippen molar-refractivity contribution < 1.29 is 9.13 Å². The van der Waals surface area contributed by atoms with Gasteiger partial charge >= 0.3 is 0 Å². The van der Waals surface area contributed by atoms with Crippen LogP contribution in [-0.4, -0.2) is 13.2 Å². The molecular weight excluding hydrogens is 193 g/mol. The largest absolute Gasteiger partial charge is 0.497 e.